The van der Waals surface area contributed by atoms with E-state index in [1.54, 1.807) is 13.3 Å². The van der Waals surface area contributed by atoms with Gasteiger partial charge < -0.3 is 15.2 Å². The third kappa shape index (κ3) is 3.96. The summed E-state index contributed by atoms with van der Waals surface area (Å²) < 4.78 is 11.1. The molecule has 0 aliphatic heterocycles. The average molecular weight is 272 g/mol. The first kappa shape index (κ1) is 14.3. The average Bonchev–Trinajstić information content (AvgIpc) is 2.47. The third-order valence-electron chi connectivity index (χ3n) is 2.92. The van der Waals surface area contributed by atoms with Crippen LogP contribution in [0.3, 0.4) is 0 Å². The van der Waals surface area contributed by atoms with Gasteiger partial charge in [0, 0.05) is 18.3 Å². The number of ether oxygens (including phenoxy) is 2. The van der Waals surface area contributed by atoms with E-state index >= 15 is 0 Å². The molecule has 1 unspecified atom stereocenters. The van der Waals surface area contributed by atoms with Crippen LogP contribution in [0, 0.1) is 0 Å². The molecular weight excluding hydrogens is 252 g/mol. The lowest BCUT2D eigenvalue weighted by molar-refractivity contribution is 0.295. The lowest BCUT2D eigenvalue weighted by Gasteiger charge is -2.14. The van der Waals surface area contributed by atoms with Gasteiger partial charge in [-0.2, -0.15) is 0 Å². The van der Waals surface area contributed by atoms with Crippen LogP contribution in [0.2, 0.25) is 0 Å². The first-order valence-corrected chi connectivity index (χ1v) is 6.64. The van der Waals surface area contributed by atoms with Crippen molar-refractivity contribution in [3.63, 3.8) is 0 Å². The highest BCUT2D eigenvalue weighted by Gasteiger charge is 2.08. The molecular formula is C16H20N2O2. The van der Waals surface area contributed by atoms with Gasteiger partial charge in [-0.3, -0.25) is 4.98 Å². The summed E-state index contributed by atoms with van der Waals surface area (Å²) >= 11 is 0. The molecule has 0 amide bonds. The predicted octanol–water partition coefficient (Wildman–Crippen LogP) is 2.56. The summed E-state index contributed by atoms with van der Waals surface area (Å²) in [5, 5.41) is 0. The van der Waals surface area contributed by atoms with Crippen molar-refractivity contribution in [3.05, 3.63) is 53.9 Å². The lowest BCUT2D eigenvalue weighted by atomic mass is 10.1. The molecule has 1 heterocycles. The van der Waals surface area contributed by atoms with Crippen molar-refractivity contribution in [1.82, 2.24) is 4.98 Å². The molecule has 0 saturated carbocycles. The topological polar surface area (TPSA) is 57.4 Å². The molecule has 2 N–H and O–H groups in total. The van der Waals surface area contributed by atoms with E-state index in [-0.39, 0.29) is 6.04 Å². The molecule has 2 aromatic rings. The zero-order valence-electron chi connectivity index (χ0n) is 11.9. The molecule has 1 aromatic heterocycles. The second kappa shape index (κ2) is 6.91. The molecule has 0 aliphatic rings. The van der Waals surface area contributed by atoms with Crippen LogP contribution in [0.25, 0.3) is 0 Å². The third-order valence-corrected chi connectivity index (χ3v) is 2.92. The molecule has 0 radical (unpaired) electrons. The standard InChI is InChI=1S/C16H20N2O2/c1-12(17)9-13-6-7-15(19-2)10-16(13)20-11-14-5-3-4-8-18-14/h3-8,10,12H,9,11,17H2,1-2H3. The Labute approximate surface area is 119 Å². The van der Waals surface area contributed by atoms with Crippen LogP contribution < -0.4 is 15.2 Å². The van der Waals surface area contributed by atoms with Crippen molar-refractivity contribution in [2.24, 2.45) is 5.73 Å². The van der Waals surface area contributed by atoms with E-state index in [0.29, 0.717) is 6.61 Å². The van der Waals surface area contributed by atoms with Gasteiger partial charge in [-0.05, 0) is 37.1 Å². The monoisotopic (exact) mass is 272 g/mol. The number of pyridine rings is 1. The number of hydrogen-bond acceptors (Lipinski definition) is 4. The zero-order chi connectivity index (χ0) is 14.4. The van der Waals surface area contributed by atoms with E-state index in [2.05, 4.69) is 4.98 Å². The Kier molecular flexibility index (Phi) is 4.96. The van der Waals surface area contributed by atoms with Crippen LogP contribution in [0.4, 0.5) is 0 Å². The van der Waals surface area contributed by atoms with Gasteiger partial charge in [0.05, 0.1) is 12.8 Å². The van der Waals surface area contributed by atoms with Crippen LogP contribution in [-0.4, -0.2) is 18.1 Å². The van der Waals surface area contributed by atoms with Crippen molar-refractivity contribution < 1.29 is 9.47 Å². The number of benzene rings is 1. The number of rotatable bonds is 6. The molecule has 2 rings (SSSR count). The number of hydrogen-bond donors (Lipinski definition) is 1. The van der Waals surface area contributed by atoms with Crippen LogP contribution in [0.1, 0.15) is 18.2 Å². The zero-order valence-corrected chi connectivity index (χ0v) is 11.9. The molecule has 4 heteroatoms. The van der Waals surface area contributed by atoms with E-state index in [1.165, 1.54) is 0 Å². The highest BCUT2D eigenvalue weighted by molar-refractivity contribution is 5.41. The van der Waals surface area contributed by atoms with E-state index in [0.717, 1.165) is 29.2 Å². The summed E-state index contributed by atoms with van der Waals surface area (Å²) in [4.78, 5) is 4.25. The maximum absolute atomic E-state index is 5.87. The predicted molar refractivity (Wildman–Crippen MR) is 78.9 cm³/mol. The van der Waals surface area contributed by atoms with Crippen molar-refractivity contribution in [3.8, 4) is 11.5 Å². The molecule has 1 atom stereocenters. The second-order valence-corrected chi connectivity index (χ2v) is 4.76. The fourth-order valence-electron chi connectivity index (χ4n) is 1.95. The van der Waals surface area contributed by atoms with Gasteiger partial charge in [0.1, 0.15) is 18.1 Å². The molecule has 0 fully saturated rings. The molecule has 1 aromatic carbocycles. The quantitative estimate of drug-likeness (QED) is 0.878. The minimum atomic E-state index is 0.0839. The summed E-state index contributed by atoms with van der Waals surface area (Å²) in [5.74, 6) is 1.57. The van der Waals surface area contributed by atoms with Crippen molar-refractivity contribution in [2.45, 2.75) is 26.0 Å². The van der Waals surface area contributed by atoms with Crippen molar-refractivity contribution >= 4 is 0 Å². The van der Waals surface area contributed by atoms with E-state index in [4.69, 9.17) is 15.2 Å². The minimum absolute atomic E-state index is 0.0839. The number of nitrogens with two attached hydrogens (primary N) is 1. The molecule has 20 heavy (non-hydrogen) atoms. The van der Waals surface area contributed by atoms with Gasteiger partial charge in [0.15, 0.2) is 0 Å². The summed E-state index contributed by atoms with van der Waals surface area (Å²) in [6, 6.07) is 11.7. The second-order valence-electron chi connectivity index (χ2n) is 4.76. The highest BCUT2D eigenvalue weighted by Crippen LogP contribution is 2.26. The molecule has 4 nitrogen and oxygen atoms in total. The maximum Gasteiger partial charge on any atom is 0.130 e. The van der Waals surface area contributed by atoms with E-state index < -0.39 is 0 Å². The molecule has 0 aliphatic carbocycles. The maximum atomic E-state index is 5.87. The lowest BCUT2D eigenvalue weighted by Crippen LogP contribution is -2.18. The number of aromatic nitrogens is 1. The summed E-state index contributed by atoms with van der Waals surface area (Å²) in [5.41, 5.74) is 7.84. The number of methoxy groups -OCH3 is 1. The molecule has 0 bridgehead atoms. The highest BCUT2D eigenvalue weighted by atomic mass is 16.5. The van der Waals surface area contributed by atoms with Crippen molar-refractivity contribution in [2.75, 3.05) is 7.11 Å². The van der Waals surface area contributed by atoms with Crippen molar-refractivity contribution in [1.29, 1.82) is 0 Å². The fraction of sp³-hybridized carbons (Fsp3) is 0.312. The van der Waals surface area contributed by atoms with E-state index in [1.807, 2.05) is 43.3 Å². The van der Waals surface area contributed by atoms with E-state index in [9.17, 15) is 0 Å². The van der Waals surface area contributed by atoms with Crippen LogP contribution >= 0.6 is 0 Å². The summed E-state index contributed by atoms with van der Waals surface area (Å²) in [7, 11) is 1.64. The smallest absolute Gasteiger partial charge is 0.130 e. The Bertz CT molecular complexity index is 541. The van der Waals surface area contributed by atoms with Crippen LogP contribution in [-0.2, 0) is 13.0 Å². The first-order chi connectivity index (χ1) is 9.69. The fourth-order valence-corrected chi connectivity index (χ4v) is 1.95. The summed E-state index contributed by atoms with van der Waals surface area (Å²) in [6.45, 7) is 2.41. The molecule has 0 spiro atoms. The summed E-state index contributed by atoms with van der Waals surface area (Å²) in [6.07, 6.45) is 2.52. The van der Waals surface area contributed by atoms with Crippen LogP contribution in [0.15, 0.2) is 42.6 Å². The van der Waals surface area contributed by atoms with Crippen LogP contribution in [0.5, 0.6) is 11.5 Å². The van der Waals surface area contributed by atoms with Gasteiger partial charge in [0.2, 0.25) is 0 Å². The van der Waals surface area contributed by atoms with Gasteiger partial charge in [-0.25, -0.2) is 0 Å². The Morgan fingerprint density at radius 2 is 2.10 bits per heavy atom. The normalized spacial score (nSPS) is 11.9. The number of nitrogens with zero attached hydrogens (tertiary/aromatic N) is 1. The Hall–Kier alpha value is -2.07. The molecule has 0 saturated heterocycles. The Morgan fingerprint density at radius 1 is 1.25 bits per heavy atom. The SMILES string of the molecule is COc1ccc(CC(C)N)c(OCc2ccccn2)c1. The van der Waals surface area contributed by atoms with Gasteiger partial charge in [-0.1, -0.05) is 12.1 Å². The molecule has 106 valence electrons. The first-order valence-electron chi connectivity index (χ1n) is 6.64. The van der Waals surface area contributed by atoms with Gasteiger partial charge in [0.25, 0.3) is 0 Å². The minimum Gasteiger partial charge on any atom is -0.497 e. The largest absolute Gasteiger partial charge is 0.497 e. The Morgan fingerprint density at radius 3 is 2.75 bits per heavy atom. The Balaban J connectivity index is 2.15. The van der Waals surface area contributed by atoms with Gasteiger partial charge in [-0.15, -0.1) is 0 Å². The van der Waals surface area contributed by atoms with Gasteiger partial charge >= 0.3 is 0 Å².